The topological polar surface area (TPSA) is 78.5 Å². The van der Waals surface area contributed by atoms with Gasteiger partial charge < -0.3 is 10.6 Å². The monoisotopic (exact) mass is 395 g/mol. The smallest absolute Gasteiger partial charge is 0.325 e. The number of nitrogens with zero attached hydrogens (tertiary/aromatic N) is 1. The molecule has 29 heavy (non-hydrogen) atoms. The molecule has 0 unspecified atom stereocenters. The van der Waals surface area contributed by atoms with Gasteiger partial charge in [-0.15, -0.1) is 0 Å². The first-order valence-corrected chi connectivity index (χ1v) is 10.3. The van der Waals surface area contributed by atoms with Crippen molar-refractivity contribution in [3.8, 4) is 0 Å². The number of imide groups is 1. The minimum atomic E-state index is -1.19. The van der Waals surface area contributed by atoms with Crippen molar-refractivity contribution in [1.29, 1.82) is 0 Å². The van der Waals surface area contributed by atoms with Crippen LogP contribution in [0.2, 0.25) is 0 Å². The first kappa shape index (κ1) is 20.8. The van der Waals surface area contributed by atoms with Gasteiger partial charge in [-0.25, -0.2) is 4.79 Å². The lowest BCUT2D eigenvalue weighted by Gasteiger charge is -2.23. The molecule has 0 saturated carbocycles. The summed E-state index contributed by atoms with van der Waals surface area (Å²) in [7, 11) is 0. The second kappa shape index (κ2) is 8.64. The van der Waals surface area contributed by atoms with Gasteiger partial charge in [0.05, 0.1) is 0 Å². The van der Waals surface area contributed by atoms with Gasteiger partial charge in [0, 0.05) is 6.04 Å². The Morgan fingerprint density at radius 1 is 1.14 bits per heavy atom. The van der Waals surface area contributed by atoms with E-state index in [9.17, 15) is 14.4 Å². The predicted molar refractivity (Wildman–Crippen MR) is 113 cm³/mol. The van der Waals surface area contributed by atoms with Crippen molar-refractivity contribution < 1.29 is 14.4 Å². The van der Waals surface area contributed by atoms with E-state index in [0.29, 0.717) is 5.56 Å². The van der Waals surface area contributed by atoms with E-state index in [1.165, 1.54) is 0 Å². The van der Waals surface area contributed by atoms with E-state index in [4.69, 9.17) is 0 Å². The van der Waals surface area contributed by atoms with E-state index < -0.39 is 17.5 Å². The molecule has 1 heterocycles. The van der Waals surface area contributed by atoms with E-state index in [0.717, 1.165) is 41.4 Å². The minimum Gasteiger partial charge on any atom is -0.352 e. The van der Waals surface area contributed by atoms with Crippen molar-refractivity contribution in [3.63, 3.8) is 0 Å². The van der Waals surface area contributed by atoms with Crippen molar-refractivity contribution in [3.05, 3.63) is 48.0 Å². The number of benzene rings is 2. The van der Waals surface area contributed by atoms with Crippen LogP contribution in [0.25, 0.3) is 10.8 Å². The molecule has 2 aromatic rings. The summed E-state index contributed by atoms with van der Waals surface area (Å²) in [5.74, 6) is -0.730. The van der Waals surface area contributed by atoms with E-state index in [1.54, 1.807) is 6.92 Å². The van der Waals surface area contributed by atoms with Crippen LogP contribution in [-0.2, 0) is 15.1 Å². The average Bonchev–Trinajstić information content (AvgIpc) is 2.91. The molecule has 154 valence electrons. The summed E-state index contributed by atoms with van der Waals surface area (Å²) < 4.78 is 0. The van der Waals surface area contributed by atoms with Gasteiger partial charge in [-0.3, -0.25) is 14.5 Å². The van der Waals surface area contributed by atoms with Crippen molar-refractivity contribution in [1.82, 2.24) is 15.5 Å². The summed E-state index contributed by atoms with van der Waals surface area (Å²) in [5, 5.41) is 7.71. The molecule has 3 rings (SSSR count). The molecule has 1 aliphatic heterocycles. The van der Waals surface area contributed by atoms with Crippen molar-refractivity contribution in [2.75, 3.05) is 6.54 Å². The fourth-order valence-corrected chi connectivity index (χ4v) is 3.77. The fraction of sp³-hybridized carbons (Fsp3) is 0.435. The lowest BCUT2D eigenvalue weighted by Crippen LogP contribution is -2.45. The molecule has 6 nitrogen and oxygen atoms in total. The lowest BCUT2D eigenvalue weighted by atomic mass is 9.90. The third-order valence-electron chi connectivity index (χ3n) is 5.55. The highest BCUT2D eigenvalue weighted by Crippen LogP contribution is 2.30. The van der Waals surface area contributed by atoms with Gasteiger partial charge in [-0.2, -0.15) is 0 Å². The maximum Gasteiger partial charge on any atom is 0.325 e. The van der Waals surface area contributed by atoms with E-state index in [-0.39, 0.29) is 18.5 Å². The van der Waals surface area contributed by atoms with Gasteiger partial charge in [-0.05, 0) is 42.7 Å². The number of urea groups is 1. The van der Waals surface area contributed by atoms with Gasteiger partial charge in [0.25, 0.3) is 5.91 Å². The summed E-state index contributed by atoms with van der Waals surface area (Å²) in [5.41, 5.74) is -0.487. The first-order valence-electron chi connectivity index (χ1n) is 10.3. The molecular weight excluding hydrogens is 366 g/mol. The van der Waals surface area contributed by atoms with E-state index in [2.05, 4.69) is 17.6 Å². The van der Waals surface area contributed by atoms with Crippen LogP contribution in [-0.4, -0.2) is 35.3 Å². The Hall–Kier alpha value is -2.89. The Morgan fingerprint density at radius 2 is 1.86 bits per heavy atom. The zero-order valence-electron chi connectivity index (χ0n) is 17.3. The van der Waals surface area contributed by atoms with E-state index in [1.807, 2.05) is 49.4 Å². The number of hydrogen-bond acceptors (Lipinski definition) is 3. The maximum atomic E-state index is 13.1. The number of hydrogen-bond donors (Lipinski definition) is 2. The molecule has 0 aliphatic carbocycles. The molecule has 0 radical (unpaired) electrons. The quantitative estimate of drug-likeness (QED) is 0.528. The lowest BCUT2D eigenvalue weighted by molar-refractivity contribution is -0.135. The van der Waals surface area contributed by atoms with Crippen LogP contribution in [0.1, 0.15) is 52.0 Å². The number of nitrogens with one attached hydrogen (secondary N) is 2. The SMILES string of the molecule is CCCCC[C@H](C)NC(=O)CN1C(=O)N[C@](C)(c2ccc3ccccc3c2)C1=O. The molecule has 1 saturated heterocycles. The highest BCUT2D eigenvalue weighted by Gasteiger charge is 2.49. The molecule has 0 bridgehead atoms. The first-order chi connectivity index (χ1) is 13.8. The molecule has 1 aliphatic rings. The number of unbranched alkanes of at least 4 members (excludes halogenated alkanes) is 2. The third kappa shape index (κ3) is 4.42. The Morgan fingerprint density at radius 3 is 2.59 bits per heavy atom. The van der Waals surface area contributed by atoms with Crippen LogP contribution in [0.3, 0.4) is 0 Å². The zero-order chi connectivity index (χ0) is 21.0. The number of carbonyl (C=O) groups is 3. The van der Waals surface area contributed by atoms with Crippen LogP contribution < -0.4 is 10.6 Å². The second-order valence-corrected chi connectivity index (χ2v) is 7.97. The summed E-state index contributed by atoms with van der Waals surface area (Å²) in [6.07, 6.45) is 4.17. The Bertz CT molecular complexity index is 926. The summed E-state index contributed by atoms with van der Waals surface area (Å²) in [6, 6.07) is 13.0. The van der Waals surface area contributed by atoms with Crippen LogP contribution in [0.5, 0.6) is 0 Å². The number of carbonyl (C=O) groups excluding carboxylic acids is 3. The number of amides is 4. The van der Waals surface area contributed by atoms with Gasteiger partial charge in [0.2, 0.25) is 5.91 Å². The molecule has 2 atom stereocenters. The molecule has 0 spiro atoms. The highest BCUT2D eigenvalue weighted by molar-refractivity contribution is 6.09. The standard InChI is InChI=1S/C23H29N3O3/c1-4-5-6-9-16(2)24-20(27)15-26-21(28)23(3,25-22(26)29)19-13-12-17-10-7-8-11-18(17)14-19/h7-8,10-14,16H,4-6,9,15H2,1-3H3,(H,24,27)(H,25,29)/t16-,23+/m0/s1. The summed E-state index contributed by atoms with van der Waals surface area (Å²) in [4.78, 5) is 38.9. The third-order valence-corrected chi connectivity index (χ3v) is 5.55. The highest BCUT2D eigenvalue weighted by atomic mass is 16.2. The Kier molecular flexibility index (Phi) is 6.20. The van der Waals surface area contributed by atoms with Crippen LogP contribution in [0, 0.1) is 0 Å². The Labute approximate surface area is 171 Å². The van der Waals surface area contributed by atoms with E-state index >= 15 is 0 Å². The maximum absolute atomic E-state index is 13.1. The van der Waals surface area contributed by atoms with Gasteiger partial charge in [0.1, 0.15) is 12.1 Å². The average molecular weight is 396 g/mol. The molecule has 2 aromatic carbocycles. The second-order valence-electron chi connectivity index (χ2n) is 7.97. The molecule has 6 heteroatoms. The summed E-state index contributed by atoms with van der Waals surface area (Å²) in [6.45, 7) is 5.49. The summed E-state index contributed by atoms with van der Waals surface area (Å²) >= 11 is 0. The number of fused-ring (bicyclic) bond motifs is 1. The van der Waals surface area contributed by atoms with Crippen molar-refractivity contribution in [2.45, 2.75) is 58.0 Å². The molecule has 2 N–H and O–H groups in total. The Balaban J connectivity index is 1.70. The van der Waals surface area contributed by atoms with Crippen LogP contribution in [0.15, 0.2) is 42.5 Å². The minimum absolute atomic E-state index is 0.0155. The predicted octanol–water partition coefficient (Wildman–Crippen LogP) is 3.69. The molecule has 1 fully saturated rings. The molecular formula is C23H29N3O3. The van der Waals surface area contributed by atoms with Crippen molar-refractivity contribution in [2.24, 2.45) is 0 Å². The fourth-order valence-electron chi connectivity index (χ4n) is 3.77. The van der Waals surface area contributed by atoms with Gasteiger partial charge in [0.15, 0.2) is 0 Å². The molecule has 0 aromatic heterocycles. The number of rotatable bonds is 8. The molecule has 4 amide bonds. The van der Waals surface area contributed by atoms with Gasteiger partial charge in [-0.1, -0.05) is 62.6 Å². The van der Waals surface area contributed by atoms with Crippen LogP contribution >= 0.6 is 0 Å². The largest absolute Gasteiger partial charge is 0.352 e. The van der Waals surface area contributed by atoms with Crippen LogP contribution in [0.4, 0.5) is 4.79 Å². The van der Waals surface area contributed by atoms with Crippen molar-refractivity contribution >= 4 is 28.6 Å². The normalized spacial score (nSPS) is 20.0. The van der Waals surface area contributed by atoms with Gasteiger partial charge >= 0.3 is 6.03 Å². The zero-order valence-corrected chi connectivity index (χ0v) is 17.3.